The molecule has 2 aliphatic rings. The van der Waals surface area contributed by atoms with Gasteiger partial charge in [0.25, 0.3) is 5.56 Å². The van der Waals surface area contributed by atoms with Crippen molar-refractivity contribution in [2.75, 3.05) is 18.6 Å². The number of nitrogens with zero attached hydrogens (tertiary/aromatic N) is 5. The fourth-order valence-corrected chi connectivity index (χ4v) is 5.41. The zero-order valence-corrected chi connectivity index (χ0v) is 21.8. The number of fused-ring (bicyclic) bond motifs is 1. The van der Waals surface area contributed by atoms with E-state index in [-0.39, 0.29) is 28.8 Å². The van der Waals surface area contributed by atoms with Gasteiger partial charge in [-0.05, 0) is 68.7 Å². The maximum atomic E-state index is 13.0. The van der Waals surface area contributed by atoms with Crippen molar-refractivity contribution in [3.8, 4) is 11.8 Å². The summed E-state index contributed by atoms with van der Waals surface area (Å²) in [5.41, 5.74) is 2.90. The fraction of sp³-hybridized carbons (Fsp3) is 0.429. The van der Waals surface area contributed by atoms with Crippen molar-refractivity contribution in [2.24, 2.45) is 24.0 Å². The lowest BCUT2D eigenvalue weighted by molar-refractivity contribution is 0.131. The molecule has 0 bridgehead atoms. The number of aromatic hydroxyl groups is 1. The highest BCUT2D eigenvalue weighted by atomic mass is 35.5. The molecule has 0 radical (unpaired) electrons. The second kappa shape index (κ2) is 10.4. The molecule has 9 heteroatoms. The van der Waals surface area contributed by atoms with E-state index in [0.29, 0.717) is 40.0 Å². The van der Waals surface area contributed by atoms with Crippen LogP contribution >= 0.6 is 11.6 Å². The lowest BCUT2D eigenvalue weighted by atomic mass is 9.80. The van der Waals surface area contributed by atoms with Gasteiger partial charge < -0.3 is 19.4 Å². The van der Waals surface area contributed by atoms with E-state index in [1.165, 1.54) is 17.4 Å². The summed E-state index contributed by atoms with van der Waals surface area (Å²) in [5.74, 6) is 0.910. The zero-order chi connectivity index (χ0) is 26.1. The summed E-state index contributed by atoms with van der Waals surface area (Å²) in [4.78, 5) is 25.2. The summed E-state index contributed by atoms with van der Waals surface area (Å²) in [6, 6.07) is 12.9. The minimum absolute atomic E-state index is 0.0688. The van der Waals surface area contributed by atoms with Crippen LogP contribution in [-0.2, 0) is 11.9 Å². The SMILES string of the molecule is CN(c1c(C#N)c(=O)n(C)c2ccc(Cl)nc12)C1CCC(/C(=N\OCC2CC2)c2ccccc2O)CC1. The van der Waals surface area contributed by atoms with E-state index in [2.05, 4.69) is 16.2 Å². The highest BCUT2D eigenvalue weighted by Crippen LogP contribution is 2.37. The van der Waals surface area contributed by atoms with Gasteiger partial charge in [-0.3, -0.25) is 4.79 Å². The number of halogens is 1. The Morgan fingerprint density at radius 3 is 2.62 bits per heavy atom. The molecule has 1 aromatic carbocycles. The summed E-state index contributed by atoms with van der Waals surface area (Å²) < 4.78 is 1.45. The molecule has 2 heterocycles. The van der Waals surface area contributed by atoms with Crippen molar-refractivity contribution in [2.45, 2.75) is 44.6 Å². The third-order valence-corrected chi connectivity index (χ3v) is 7.84. The van der Waals surface area contributed by atoms with Crippen LogP contribution in [0.5, 0.6) is 5.75 Å². The van der Waals surface area contributed by atoms with Crippen LogP contribution in [0.2, 0.25) is 5.15 Å². The van der Waals surface area contributed by atoms with Crippen LogP contribution < -0.4 is 10.5 Å². The molecule has 5 rings (SSSR count). The van der Waals surface area contributed by atoms with Crippen molar-refractivity contribution in [1.29, 1.82) is 5.26 Å². The van der Waals surface area contributed by atoms with E-state index in [0.717, 1.165) is 31.4 Å². The van der Waals surface area contributed by atoms with Crippen LogP contribution in [-0.4, -0.2) is 40.1 Å². The van der Waals surface area contributed by atoms with E-state index in [4.69, 9.17) is 16.4 Å². The standard InChI is InChI=1S/C28H30ClN5O3/c1-33(27-21(15-30)28(36)34(2)22-13-14-24(29)31-26(22)27)19-11-9-18(10-12-19)25(32-37-16-17-7-8-17)20-5-3-4-6-23(20)35/h3-6,13-14,17-19,35H,7-12,16H2,1-2H3/b32-25+. The molecular weight excluding hydrogens is 490 g/mol. The lowest BCUT2D eigenvalue weighted by Gasteiger charge is -2.37. The summed E-state index contributed by atoms with van der Waals surface area (Å²) in [7, 11) is 3.56. The van der Waals surface area contributed by atoms with Crippen LogP contribution in [0.15, 0.2) is 46.3 Å². The molecule has 37 heavy (non-hydrogen) atoms. The normalized spacial score (nSPS) is 20.0. The molecule has 192 valence electrons. The molecular formula is C28H30ClN5O3. The Labute approximate surface area is 220 Å². The molecule has 0 aliphatic heterocycles. The number of hydrogen-bond donors (Lipinski definition) is 1. The number of aromatic nitrogens is 2. The molecule has 2 aromatic heterocycles. The van der Waals surface area contributed by atoms with Gasteiger partial charge in [0.1, 0.15) is 34.7 Å². The van der Waals surface area contributed by atoms with Crippen molar-refractivity contribution in [3.63, 3.8) is 0 Å². The number of phenolic OH excluding ortho intramolecular Hbond substituents is 1. The van der Waals surface area contributed by atoms with Gasteiger partial charge in [-0.25, -0.2) is 4.98 Å². The van der Waals surface area contributed by atoms with E-state index < -0.39 is 0 Å². The largest absolute Gasteiger partial charge is 0.507 e. The van der Waals surface area contributed by atoms with Crippen molar-refractivity contribution in [3.05, 3.63) is 63.0 Å². The third-order valence-electron chi connectivity index (χ3n) is 7.63. The van der Waals surface area contributed by atoms with E-state index in [1.807, 2.05) is 24.1 Å². The van der Waals surface area contributed by atoms with Gasteiger partial charge in [-0.1, -0.05) is 28.9 Å². The van der Waals surface area contributed by atoms with Gasteiger partial charge in [0, 0.05) is 31.6 Å². The van der Waals surface area contributed by atoms with Gasteiger partial charge >= 0.3 is 0 Å². The van der Waals surface area contributed by atoms with Crippen LogP contribution in [0.1, 0.15) is 49.7 Å². The first-order chi connectivity index (χ1) is 17.9. The van der Waals surface area contributed by atoms with Gasteiger partial charge in [0.2, 0.25) is 0 Å². The Bertz CT molecular complexity index is 1450. The summed E-state index contributed by atoms with van der Waals surface area (Å²) in [6.07, 6.45) is 5.65. The van der Waals surface area contributed by atoms with E-state index >= 15 is 0 Å². The van der Waals surface area contributed by atoms with Gasteiger partial charge in [-0.2, -0.15) is 5.26 Å². The molecule has 1 N–H and O–H groups in total. The molecule has 0 unspecified atom stereocenters. The summed E-state index contributed by atoms with van der Waals surface area (Å²) >= 11 is 6.21. The van der Waals surface area contributed by atoms with Gasteiger partial charge in [-0.15, -0.1) is 0 Å². The Hall–Kier alpha value is -3.57. The number of anilines is 1. The zero-order valence-electron chi connectivity index (χ0n) is 21.0. The number of para-hydroxylation sites is 1. The average molecular weight is 520 g/mol. The topological polar surface area (TPSA) is 104 Å². The molecule has 8 nitrogen and oxygen atoms in total. The first kappa shape index (κ1) is 25.1. The lowest BCUT2D eigenvalue weighted by Crippen LogP contribution is -2.38. The summed E-state index contributed by atoms with van der Waals surface area (Å²) in [5, 5.41) is 25.2. The quantitative estimate of drug-likeness (QED) is 0.268. The van der Waals surface area contributed by atoms with Crippen molar-refractivity contribution >= 4 is 34.0 Å². The third kappa shape index (κ3) is 5.01. The Kier molecular flexibility index (Phi) is 7.07. The predicted octanol–water partition coefficient (Wildman–Crippen LogP) is 4.99. The number of nitriles is 1. The Balaban J connectivity index is 1.41. The van der Waals surface area contributed by atoms with Crippen LogP contribution in [0.4, 0.5) is 5.69 Å². The molecule has 2 fully saturated rings. The molecule has 0 spiro atoms. The number of oxime groups is 1. The second-order valence-electron chi connectivity index (χ2n) is 10.1. The summed E-state index contributed by atoms with van der Waals surface area (Å²) in [6.45, 7) is 0.609. The minimum atomic E-state index is -0.351. The molecule has 0 amide bonds. The Morgan fingerprint density at radius 2 is 1.95 bits per heavy atom. The fourth-order valence-electron chi connectivity index (χ4n) is 5.26. The Morgan fingerprint density at radius 1 is 1.22 bits per heavy atom. The average Bonchev–Trinajstić information content (AvgIpc) is 3.73. The molecule has 0 atom stereocenters. The van der Waals surface area contributed by atoms with Crippen LogP contribution in [0, 0.1) is 23.2 Å². The smallest absolute Gasteiger partial charge is 0.270 e. The number of phenols is 1. The highest BCUT2D eigenvalue weighted by molar-refractivity contribution is 6.29. The van der Waals surface area contributed by atoms with Crippen molar-refractivity contribution < 1.29 is 9.94 Å². The van der Waals surface area contributed by atoms with E-state index in [9.17, 15) is 15.2 Å². The maximum absolute atomic E-state index is 13.0. The minimum Gasteiger partial charge on any atom is -0.507 e. The number of rotatable bonds is 7. The first-order valence-corrected chi connectivity index (χ1v) is 13.1. The highest BCUT2D eigenvalue weighted by Gasteiger charge is 2.32. The van der Waals surface area contributed by atoms with Gasteiger partial charge in [0.05, 0.1) is 16.9 Å². The maximum Gasteiger partial charge on any atom is 0.270 e. The first-order valence-electron chi connectivity index (χ1n) is 12.7. The van der Waals surface area contributed by atoms with Gasteiger partial charge in [0.15, 0.2) is 0 Å². The van der Waals surface area contributed by atoms with Crippen molar-refractivity contribution in [1.82, 2.24) is 9.55 Å². The number of benzene rings is 1. The number of hydrogen-bond acceptors (Lipinski definition) is 7. The van der Waals surface area contributed by atoms with E-state index in [1.54, 1.807) is 31.3 Å². The second-order valence-corrected chi connectivity index (χ2v) is 10.4. The molecule has 2 aliphatic carbocycles. The van der Waals surface area contributed by atoms with Crippen LogP contribution in [0.3, 0.4) is 0 Å². The molecule has 0 saturated heterocycles. The molecule has 3 aromatic rings. The predicted molar refractivity (Wildman–Crippen MR) is 144 cm³/mol. The number of aryl methyl sites for hydroxylation is 1. The van der Waals surface area contributed by atoms with Crippen LogP contribution in [0.25, 0.3) is 11.0 Å². The monoisotopic (exact) mass is 519 g/mol. The number of pyridine rings is 2. The molecule has 2 saturated carbocycles.